The molecule has 3 aromatic rings. The summed E-state index contributed by atoms with van der Waals surface area (Å²) in [5.41, 5.74) is 12.4. The van der Waals surface area contributed by atoms with Crippen molar-refractivity contribution in [2.75, 3.05) is 17.6 Å². The Morgan fingerprint density at radius 1 is 1.08 bits per heavy atom. The van der Waals surface area contributed by atoms with E-state index in [0.717, 1.165) is 0 Å². The highest BCUT2D eigenvalue weighted by atomic mass is 35.5. The van der Waals surface area contributed by atoms with Gasteiger partial charge in [0.1, 0.15) is 11.6 Å². The van der Waals surface area contributed by atoms with Crippen molar-refractivity contribution >= 4 is 40.5 Å². The molecule has 38 heavy (non-hydrogen) atoms. The van der Waals surface area contributed by atoms with Gasteiger partial charge in [0.15, 0.2) is 0 Å². The van der Waals surface area contributed by atoms with Gasteiger partial charge in [-0.2, -0.15) is 0 Å². The molecule has 4 rings (SSSR count). The van der Waals surface area contributed by atoms with Gasteiger partial charge in [0.05, 0.1) is 11.1 Å². The average Bonchev–Trinajstić information content (AvgIpc) is 3.15. The van der Waals surface area contributed by atoms with Crippen molar-refractivity contribution in [2.45, 2.75) is 50.6 Å². The van der Waals surface area contributed by atoms with Crippen LogP contribution in [0.3, 0.4) is 0 Å². The topological polar surface area (TPSA) is 93.2 Å². The molecular weight excluding hydrogens is 529 g/mol. The molecule has 1 amide bonds. The predicted octanol–water partition coefficient (Wildman–Crippen LogP) is 6.25. The second kappa shape index (κ2) is 10.8. The van der Waals surface area contributed by atoms with Gasteiger partial charge >= 0.3 is 0 Å². The van der Waals surface area contributed by atoms with Crippen molar-refractivity contribution in [3.8, 4) is 0 Å². The van der Waals surface area contributed by atoms with E-state index in [-0.39, 0.29) is 33.1 Å². The third-order valence-corrected chi connectivity index (χ3v) is 7.78. The second-order valence-corrected chi connectivity index (χ2v) is 11.9. The van der Waals surface area contributed by atoms with E-state index < -0.39 is 41.0 Å². The van der Waals surface area contributed by atoms with Crippen molar-refractivity contribution in [1.29, 1.82) is 0 Å². The molecule has 202 valence electrons. The number of hydrogen-bond donors (Lipinski definition) is 4. The van der Waals surface area contributed by atoms with Crippen LogP contribution >= 0.6 is 23.2 Å². The van der Waals surface area contributed by atoms with E-state index in [1.165, 1.54) is 12.1 Å². The van der Waals surface area contributed by atoms with Crippen molar-refractivity contribution in [3.05, 3.63) is 93.5 Å². The summed E-state index contributed by atoms with van der Waals surface area (Å²) in [6.45, 7) is 6.07. The maximum absolute atomic E-state index is 15.7. The maximum atomic E-state index is 15.7. The standard InChI is InChI=1S/C29H32Cl2F2N4O/c1-28(2,3)14-23-29(15-34,20-12-7-16(30)13-22(20)32)24(19-5-4-6-21(31)25(19)33)26(37-23)27(38)36-18-10-8-17(35)9-11-18/h4-13,23-24,26,37H,14-15,34-35H2,1-3H3,(H,36,38)/t23-,24-,26+,29-/m0/s1. The molecule has 0 unspecified atom stereocenters. The van der Waals surface area contributed by atoms with Crippen molar-refractivity contribution in [3.63, 3.8) is 0 Å². The first kappa shape index (κ1) is 28.3. The van der Waals surface area contributed by atoms with Crippen LogP contribution in [0, 0.1) is 17.0 Å². The van der Waals surface area contributed by atoms with Crippen LogP contribution in [0.4, 0.5) is 20.2 Å². The predicted molar refractivity (Wildman–Crippen MR) is 151 cm³/mol. The van der Waals surface area contributed by atoms with Crippen LogP contribution in [-0.4, -0.2) is 24.5 Å². The van der Waals surface area contributed by atoms with Crippen LogP contribution in [0.1, 0.15) is 44.2 Å². The third-order valence-electron chi connectivity index (χ3n) is 7.25. The van der Waals surface area contributed by atoms with Crippen molar-refractivity contribution in [1.82, 2.24) is 5.32 Å². The molecule has 0 saturated carbocycles. The second-order valence-electron chi connectivity index (χ2n) is 11.1. The van der Waals surface area contributed by atoms with Gasteiger partial charge in [0.25, 0.3) is 0 Å². The number of anilines is 2. The van der Waals surface area contributed by atoms with E-state index in [9.17, 15) is 4.79 Å². The Labute approximate surface area is 231 Å². The molecule has 6 N–H and O–H groups in total. The molecule has 0 aromatic heterocycles. The first-order valence-electron chi connectivity index (χ1n) is 12.4. The molecule has 1 aliphatic heterocycles. The minimum Gasteiger partial charge on any atom is -0.399 e. The summed E-state index contributed by atoms with van der Waals surface area (Å²) < 4.78 is 31.4. The molecule has 1 heterocycles. The zero-order valence-electron chi connectivity index (χ0n) is 21.5. The van der Waals surface area contributed by atoms with Crippen LogP contribution in [0.5, 0.6) is 0 Å². The fourth-order valence-electron chi connectivity index (χ4n) is 5.66. The maximum Gasteiger partial charge on any atom is 0.242 e. The van der Waals surface area contributed by atoms with E-state index in [1.54, 1.807) is 48.5 Å². The zero-order chi connectivity index (χ0) is 27.8. The van der Waals surface area contributed by atoms with Crippen LogP contribution < -0.4 is 22.1 Å². The Hall–Kier alpha value is -2.71. The SMILES string of the molecule is CC(C)(C)C[C@@H]1N[C@@H](C(=O)Nc2ccc(N)cc2)[C@H](c2cccc(Cl)c2F)[C@@]1(CN)c1ccc(Cl)cc1F. The van der Waals surface area contributed by atoms with Gasteiger partial charge in [-0.3, -0.25) is 4.79 Å². The lowest BCUT2D eigenvalue weighted by Crippen LogP contribution is -2.50. The smallest absolute Gasteiger partial charge is 0.242 e. The highest BCUT2D eigenvalue weighted by Crippen LogP contribution is 2.52. The van der Waals surface area contributed by atoms with Crippen LogP contribution in [-0.2, 0) is 10.2 Å². The third kappa shape index (κ3) is 5.38. The van der Waals surface area contributed by atoms with E-state index in [1.807, 2.05) is 20.8 Å². The van der Waals surface area contributed by atoms with Crippen molar-refractivity contribution < 1.29 is 13.6 Å². The van der Waals surface area contributed by atoms with Gasteiger partial charge < -0.3 is 22.1 Å². The molecule has 1 aliphatic rings. The number of nitrogens with two attached hydrogens (primary N) is 2. The molecule has 3 aromatic carbocycles. The van der Waals surface area contributed by atoms with Gasteiger partial charge in [0.2, 0.25) is 5.91 Å². The van der Waals surface area contributed by atoms with Crippen LogP contribution in [0.25, 0.3) is 0 Å². The van der Waals surface area contributed by atoms with Crippen molar-refractivity contribution in [2.24, 2.45) is 11.1 Å². The average molecular weight is 562 g/mol. The lowest BCUT2D eigenvalue weighted by Gasteiger charge is -2.42. The molecule has 0 spiro atoms. The van der Waals surface area contributed by atoms with Crippen LogP contribution in [0.2, 0.25) is 10.0 Å². The number of benzene rings is 3. The molecule has 9 heteroatoms. The summed E-state index contributed by atoms with van der Waals surface area (Å²) in [6, 6.07) is 14.2. The summed E-state index contributed by atoms with van der Waals surface area (Å²) >= 11 is 12.3. The van der Waals surface area contributed by atoms with Gasteiger partial charge in [-0.25, -0.2) is 8.78 Å². The molecule has 5 nitrogen and oxygen atoms in total. The molecule has 4 atom stereocenters. The Morgan fingerprint density at radius 2 is 1.76 bits per heavy atom. The van der Waals surface area contributed by atoms with Crippen LogP contribution in [0.15, 0.2) is 60.7 Å². The van der Waals surface area contributed by atoms with E-state index in [2.05, 4.69) is 10.6 Å². The van der Waals surface area contributed by atoms with E-state index in [4.69, 9.17) is 34.7 Å². The Bertz CT molecular complexity index is 1330. The van der Waals surface area contributed by atoms with Gasteiger partial charge in [-0.1, -0.05) is 62.2 Å². The number of carbonyl (C=O) groups is 1. The number of nitrogen functional groups attached to an aromatic ring is 1. The Kier molecular flexibility index (Phi) is 8.05. The number of hydrogen-bond acceptors (Lipinski definition) is 4. The summed E-state index contributed by atoms with van der Waals surface area (Å²) in [5.74, 6) is -2.56. The summed E-state index contributed by atoms with van der Waals surface area (Å²) in [5, 5.41) is 6.45. The Morgan fingerprint density at radius 3 is 2.37 bits per heavy atom. The molecule has 1 fully saturated rings. The minimum absolute atomic E-state index is 0.0679. The summed E-state index contributed by atoms with van der Waals surface area (Å²) in [7, 11) is 0. The number of rotatable bonds is 6. The number of carbonyl (C=O) groups excluding carboxylic acids is 1. The fraction of sp³-hybridized carbons (Fsp3) is 0.345. The molecule has 0 bridgehead atoms. The van der Waals surface area contributed by atoms with Gasteiger partial charge in [-0.05, 0) is 65.4 Å². The minimum atomic E-state index is -1.21. The normalized spacial score (nSPS) is 23.4. The highest BCUT2D eigenvalue weighted by Gasteiger charge is 2.59. The number of halogens is 4. The molecular formula is C29H32Cl2F2N4O. The largest absolute Gasteiger partial charge is 0.399 e. The number of nitrogens with one attached hydrogen (secondary N) is 2. The fourth-order valence-corrected chi connectivity index (χ4v) is 6.00. The summed E-state index contributed by atoms with van der Waals surface area (Å²) in [6.07, 6.45) is 0.524. The quantitative estimate of drug-likeness (QED) is 0.268. The first-order valence-corrected chi connectivity index (χ1v) is 13.1. The van der Waals surface area contributed by atoms with E-state index >= 15 is 8.78 Å². The lowest BCUT2D eigenvalue weighted by atomic mass is 9.62. The monoisotopic (exact) mass is 560 g/mol. The Balaban J connectivity index is 1.95. The van der Waals surface area contributed by atoms with Gasteiger partial charge in [-0.15, -0.1) is 0 Å². The lowest BCUT2D eigenvalue weighted by molar-refractivity contribution is -0.118. The number of amides is 1. The molecule has 0 aliphatic carbocycles. The summed E-state index contributed by atoms with van der Waals surface area (Å²) in [4.78, 5) is 13.8. The molecule has 0 radical (unpaired) electrons. The van der Waals surface area contributed by atoms with E-state index in [0.29, 0.717) is 17.8 Å². The molecule has 1 saturated heterocycles. The zero-order valence-corrected chi connectivity index (χ0v) is 23.0. The van der Waals surface area contributed by atoms with Gasteiger partial charge in [0, 0.05) is 40.3 Å². The first-order chi connectivity index (χ1) is 17.9. The highest BCUT2D eigenvalue weighted by molar-refractivity contribution is 6.31.